The standard InChI is InChI=1S/C12H14BrN5O/c1-3-14-11-6-16-9(4-17-11)7-18-8(2)15-5-10(13)12(18)19/h4-6H,3,7H2,1-2H3,(H,14,17). The number of hydrogen-bond donors (Lipinski definition) is 1. The zero-order valence-electron chi connectivity index (χ0n) is 10.7. The molecule has 2 heterocycles. The van der Waals surface area contributed by atoms with Gasteiger partial charge < -0.3 is 5.32 Å². The van der Waals surface area contributed by atoms with Crippen molar-refractivity contribution >= 4 is 21.7 Å². The Balaban J connectivity index is 2.26. The maximum Gasteiger partial charge on any atom is 0.268 e. The van der Waals surface area contributed by atoms with Crippen LogP contribution in [0.2, 0.25) is 0 Å². The Kier molecular flexibility index (Phi) is 4.26. The van der Waals surface area contributed by atoms with Gasteiger partial charge in [0, 0.05) is 12.7 Å². The SMILES string of the molecule is CCNc1cnc(Cn2c(C)ncc(Br)c2=O)cn1. The van der Waals surface area contributed by atoms with Crippen LogP contribution in [0.15, 0.2) is 27.9 Å². The summed E-state index contributed by atoms with van der Waals surface area (Å²) in [6.07, 6.45) is 4.82. The van der Waals surface area contributed by atoms with E-state index in [-0.39, 0.29) is 5.56 Å². The normalized spacial score (nSPS) is 10.5. The predicted molar refractivity (Wildman–Crippen MR) is 76.2 cm³/mol. The van der Waals surface area contributed by atoms with E-state index >= 15 is 0 Å². The van der Waals surface area contributed by atoms with Gasteiger partial charge in [0.05, 0.1) is 24.6 Å². The van der Waals surface area contributed by atoms with E-state index in [0.717, 1.165) is 12.4 Å². The van der Waals surface area contributed by atoms with Crippen LogP contribution in [0.5, 0.6) is 0 Å². The highest BCUT2D eigenvalue weighted by Crippen LogP contribution is 2.05. The van der Waals surface area contributed by atoms with E-state index in [9.17, 15) is 4.79 Å². The summed E-state index contributed by atoms with van der Waals surface area (Å²) in [5.41, 5.74) is 0.594. The average Bonchev–Trinajstić information content (AvgIpc) is 2.41. The Morgan fingerprint density at radius 1 is 1.26 bits per heavy atom. The lowest BCUT2D eigenvalue weighted by Gasteiger charge is -2.09. The van der Waals surface area contributed by atoms with E-state index in [4.69, 9.17) is 0 Å². The van der Waals surface area contributed by atoms with E-state index in [1.807, 2.05) is 6.92 Å². The molecule has 0 aliphatic heterocycles. The molecular formula is C12H14BrN5O. The van der Waals surface area contributed by atoms with Gasteiger partial charge in [-0.25, -0.2) is 9.97 Å². The molecule has 0 saturated carbocycles. The molecule has 0 aliphatic rings. The van der Waals surface area contributed by atoms with E-state index < -0.39 is 0 Å². The van der Waals surface area contributed by atoms with Crippen LogP contribution in [0.4, 0.5) is 5.82 Å². The number of halogens is 1. The second-order valence-corrected chi connectivity index (χ2v) is 4.82. The largest absolute Gasteiger partial charge is 0.369 e. The van der Waals surface area contributed by atoms with E-state index in [1.165, 1.54) is 6.20 Å². The molecule has 6 nitrogen and oxygen atoms in total. The van der Waals surface area contributed by atoms with Crippen LogP contribution in [0.1, 0.15) is 18.4 Å². The van der Waals surface area contributed by atoms with Crippen LogP contribution < -0.4 is 10.9 Å². The van der Waals surface area contributed by atoms with Crippen molar-refractivity contribution in [2.75, 3.05) is 11.9 Å². The highest BCUT2D eigenvalue weighted by atomic mass is 79.9. The summed E-state index contributed by atoms with van der Waals surface area (Å²) in [6, 6.07) is 0. The van der Waals surface area contributed by atoms with Crippen LogP contribution in [0.3, 0.4) is 0 Å². The van der Waals surface area contributed by atoms with Gasteiger partial charge in [-0.1, -0.05) is 0 Å². The van der Waals surface area contributed by atoms with Crippen LogP contribution in [-0.2, 0) is 6.54 Å². The summed E-state index contributed by atoms with van der Waals surface area (Å²) in [5.74, 6) is 1.37. The van der Waals surface area contributed by atoms with E-state index in [0.29, 0.717) is 22.5 Å². The molecule has 100 valence electrons. The first-order valence-corrected chi connectivity index (χ1v) is 6.68. The molecular weight excluding hydrogens is 310 g/mol. The number of rotatable bonds is 4. The van der Waals surface area contributed by atoms with Crippen molar-refractivity contribution in [3.05, 3.63) is 44.9 Å². The van der Waals surface area contributed by atoms with Gasteiger partial charge in [-0.05, 0) is 29.8 Å². The highest BCUT2D eigenvalue weighted by molar-refractivity contribution is 9.10. The van der Waals surface area contributed by atoms with Crippen LogP contribution >= 0.6 is 15.9 Å². The molecule has 0 aliphatic carbocycles. The smallest absolute Gasteiger partial charge is 0.268 e. The summed E-state index contributed by atoms with van der Waals surface area (Å²) < 4.78 is 2.00. The van der Waals surface area contributed by atoms with Gasteiger partial charge in [-0.3, -0.25) is 14.3 Å². The third-order valence-corrected chi connectivity index (χ3v) is 3.13. The maximum absolute atomic E-state index is 12.0. The van der Waals surface area contributed by atoms with Crippen molar-refractivity contribution in [3.8, 4) is 0 Å². The number of hydrogen-bond acceptors (Lipinski definition) is 5. The minimum Gasteiger partial charge on any atom is -0.369 e. The van der Waals surface area contributed by atoms with Gasteiger partial charge in [-0.2, -0.15) is 0 Å². The lowest BCUT2D eigenvalue weighted by molar-refractivity contribution is 0.679. The van der Waals surface area contributed by atoms with Crippen molar-refractivity contribution in [3.63, 3.8) is 0 Å². The first-order valence-electron chi connectivity index (χ1n) is 5.88. The first kappa shape index (κ1) is 13.7. The highest BCUT2D eigenvalue weighted by Gasteiger charge is 2.07. The monoisotopic (exact) mass is 323 g/mol. The molecule has 0 saturated heterocycles. The van der Waals surface area contributed by atoms with Gasteiger partial charge in [0.15, 0.2) is 0 Å². The Bertz CT molecular complexity index is 623. The molecule has 19 heavy (non-hydrogen) atoms. The summed E-state index contributed by atoms with van der Waals surface area (Å²) in [7, 11) is 0. The maximum atomic E-state index is 12.0. The molecule has 7 heteroatoms. The molecule has 0 aromatic carbocycles. The number of nitrogens with zero attached hydrogens (tertiary/aromatic N) is 4. The Morgan fingerprint density at radius 2 is 2.05 bits per heavy atom. The Labute approximate surface area is 119 Å². The quantitative estimate of drug-likeness (QED) is 0.924. The lowest BCUT2D eigenvalue weighted by atomic mass is 10.4. The molecule has 1 N–H and O–H groups in total. The van der Waals surface area contributed by atoms with Gasteiger partial charge in [0.25, 0.3) is 5.56 Å². The van der Waals surface area contributed by atoms with Crippen LogP contribution in [0.25, 0.3) is 0 Å². The minimum atomic E-state index is -0.120. The molecule has 0 unspecified atom stereocenters. The molecule has 0 spiro atoms. The summed E-state index contributed by atoms with van der Waals surface area (Å²) in [4.78, 5) is 24.6. The third kappa shape index (κ3) is 3.17. The fourth-order valence-corrected chi connectivity index (χ4v) is 1.92. The van der Waals surface area contributed by atoms with Crippen molar-refractivity contribution in [2.24, 2.45) is 0 Å². The minimum absolute atomic E-state index is 0.120. The van der Waals surface area contributed by atoms with E-state index in [2.05, 4.69) is 36.2 Å². The van der Waals surface area contributed by atoms with Crippen molar-refractivity contribution < 1.29 is 0 Å². The summed E-state index contributed by atoms with van der Waals surface area (Å²) >= 11 is 3.18. The average molecular weight is 324 g/mol. The molecule has 2 aromatic heterocycles. The fraction of sp³-hybridized carbons (Fsp3) is 0.333. The Morgan fingerprint density at radius 3 is 2.68 bits per heavy atom. The molecule has 2 aromatic rings. The molecule has 0 fully saturated rings. The van der Waals surface area contributed by atoms with Crippen LogP contribution in [0, 0.1) is 6.92 Å². The molecule has 0 atom stereocenters. The fourth-order valence-electron chi connectivity index (χ4n) is 1.61. The molecule has 0 radical (unpaired) electrons. The Hall–Kier alpha value is -1.76. The van der Waals surface area contributed by atoms with E-state index in [1.54, 1.807) is 23.9 Å². The molecule has 0 bridgehead atoms. The molecule has 2 rings (SSSR count). The van der Waals surface area contributed by atoms with Gasteiger partial charge in [0.1, 0.15) is 16.1 Å². The predicted octanol–water partition coefficient (Wildman–Crippen LogP) is 1.58. The number of anilines is 1. The van der Waals surface area contributed by atoms with Crippen molar-refractivity contribution in [1.29, 1.82) is 0 Å². The summed E-state index contributed by atoms with van der Waals surface area (Å²) in [6.45, 7) is 4.93. The number of aromatic nitrogens is 4. The first-order chi connectivity index (χ1) is 9.11. The zero-order valence-corrected chi connectivity index (χ0v) is 12.3. The zero-order chi connectivity index (χ0) is 13.8. The third-order valence-electron chi connectivity index (χ3n) is 2.59. The van der Waals surface area contributed by atoms with Crippen molar-refractivity contribution in [1.82, 2.24) is 19.5 Å². The molecule has 0 amide bonds. The summed E-state index contributed by atoms with van der Waals surface area (Å²) in [5, 5.41) is 3.07. The number of nitrogens with one attached hydrogen (secondary N) is 1. The van der Waals surface area contributed by atoms with Gasteiger partial charge >= 0.3 is 0 Å². The van der Waals surface area contributed by atoms with Crippen molar-refractivity contribution in [2.45, 2.75) is 20.4 Å². The number of aryl methyl sites for hydroxylation is 1. The van der Waals surface area contributed by atoms with Crippen LogP contribution in [-0.4, -0.2) is 26.1 Å². The van der Waals surface area contributed by atoms with Gasteiger partial charge in [0.2, 0.25) is 0 Å². The van der Waals surface area contributed by atoms with Gasteiger partial charge in [-0.15, -0.1) is 0 Å². The second-order valence-electron chi connectivity index (χ2n) is 3.97. The second kappa shape index (κ2) is 5.92. The topological polar surface area (TPSA) is 72.7 Å². The lowest BCUT2D eigenvalue weighted by Crippen LogP contribution is -2.25.